The molecule has 1 aromatic carbocycles. The summed E-state index contributed by atoms with van der Waals surface area (Å²) in [7, 11) is 1.98. The lowest BCUT2D eigenvalue weighted by atomic mass is 10.1. The molecule has 1 fully saturated rings. The second-order valence-electron chi connectivity index (χ2n) is 6.86. The lowest BCUT2D eigenvalue weighted by Crippen LogP contribution is -2.37. The number of aromatic nitrogens is 3. The highest BCUT2D eigenvalue weighted by Crippen LogP contribution is 2.22. The number of aromatic amines is 1. The van der Waals surface area contributed by atoms with E-state index in [4.69, 9.17) is 0 Å². The number of imidazole rings is 1. The summed E-state index contributed by atoms with van der Waals surface area (Å²) in [6, 6.07) is 8.60. The normalized spacial score (nSPS) is 21.4. The number of halogens is 1. The molecule has 0 spiro atoms. The number of nitrogens with one attached hydrogen (secondary N) is 2. The molecule has 6 heteroatoms. The van der Waals surface area contributed by atoms with E-state index >= 15 is 0 Å². The van der Waals surface area contributed by atoms with Crippen LogP contribution in [-0.2, 0) is 20.1 Å². The maximum Gasteiger partial charge on any atom is 0.122 e. The molecule has 1 aliphatic rings. The van der Waals surface area contributed by atoms with Gasteiger partial charge in [-0.05, 0) is 24.1 Å². The fourth-order valence-corrected chi connectivity index (χ4v) is 3.74. The second kappa shape index (κ2) is 6.98. The third-order valence-corrected chi connectivity index (χ3v) is 5.12. The average molecular weight is 341 g/mol. The van der Waals surface area contributed by atoms with Gasteiger partial charge < -0.3 is 14.9 Å². The van der Waals surface area contributed by atoms with Gasteiger partial charge in [-0.1, -0.05) is 12.1 Å². The predicted molar refractivity (Wildman–Crippen MR) is 96.9 cm³/mol. The molecule has 2 N–H and O–H groups in total. The minimum atomic E-state index is -0.750. The van der Waals surface area contributed by atoms with Crippen molar-refractivity contribution in [3.8, 4) is 0 Å². The quantitative estimate of drug-likeness (QED) is 0.725. The summed E-state index contributed by atoms with van der Waals surface area (Å²) in [5.41, 5.74) is 2.42. The van der Waals surface area contributed by atoms with Crippen LogP contribution in [0.1, 0.15) is 17.8 Å². The summed E-state index contributed by atoms with van der Waals surface area (Å²) in [6.45, 7) is 2.76. The average Bonchev–Trinajstić information content (AvgIpc) is 3.30. The standard InChI is InChI=1S/C19H24FN5/c1-24-8-7-23-19(24)13-25-12-15(20)9-16(25)11-21-10-14-3-2-4-18-17(14)5-6-22-18/h2-8,15-16,21-22H,9-13H2,1H3/t15-,16-/m0/s1. The lowest BCUT2D eigenvalue weighted by molar-refractivity contribution is 0.223. The first kappa shape index (κ1) is 16.3. The molecule has 3 aromatic rings. The van der Waals surface area contributed by atoms with Gasteiger partial charge in [0.05, 0.1) is 6.54 Å². The van der Waals surface area contributed by atoms with Crippen LogP contribution in [-0.4, -0.2) is 44.7 Å². The first-order valence-electron chi connectivity index (χ1n) is 8.80. The maximum atomic E-state index is 14.0. The molecule has 132 valence electrons. The second-order valence-corrected chi connectivity index (χ2v) is 6.86. The fourth-order valence-electron chi connectivity index (χ4n) is 3.74. The van der Waals surface area contributed by atoms with Crippen LogP contribution in [0.4, 0.5) is 4.39 Å². The molecule has 1 aliphatic heterocycles. The van der Waals surface area contributed by atoms with Gasteiger partial charge in [0, 0.05) is 62.2 Å². The minimum absolute atomic E-state index is 0.206. The zero-order valence-electron chi connectivity index (χ0n) is 14.5. The highest BCUT2D eigenvalue weighted by Gasteiger charge is 2.32. The zero-order chi connectivity index (χ0) is 17.2. The monoisotopic (exact) mass is 341 g/mol. The van der Waals surface area contributed by atoms with E-state index in [1.807, 2.05) is 24.0 Å². The van der Waals surface area contributed by atoms with Gasteiger partial charge in [0.15, 0.2) is 0 Å². The first-order chi connectivity index (χ1) is 12.2. The van der Waals surface area contributed by atoms with Crippen molar-refractivity contribution in [3.63, 3.8) is 0 Å². The molecule has 0 saturated carbocycles. The van der Waals surface area contributed by atoms with Crippen LogP contribution in [0.3, 0.4) is 0 Å². The molecule has 2 atom stereocenters. The van der Waals surface area contributed by atoms with Crippen molar-refractivity contribution in [1.82, 2.24) is 24.8 Å². The summed E-state index contributed by atoms with van der Waals surface area (Å²) in [5, 5.41) is 4.77. The van der Waals surface area contributed by atoms with Crippen molar-refractivity contribution in [1.29, 1.82) is 0 Å². The first-order valence-corrected chi connectivity index (χ1v) is 8.80. The van der Waals surface area contributed by atoms with E-state index in [0.717, 1.165) is 24.4 Å². The molecule has 0 amide bonds. The van der Waals surface area contributed by atoms with Crippen molar-refractivity contribution in [3.05, 3.63) is 54.2 Å². The summed E-state index contributed by atoms with van der Waals surface area (Å²) in [6.07, 6.45) is 5.53. The molecule has 0 radical (unpaired) electrons. The van der Waals surface area contributed by atoms with E-state index in [2.05, 4.69) is 44.5 Å². The van der Waals surface area contributed by atoms with Gasteiger partial charge in [0.1, 0.15) is 12.0 Å². The Labute approximate surface area is 146 Å². The van der Waals surface area contributed by atoms with Gasteiger partial charge in [-0.25, -0.2) is 9.37 Å². The predicted octanol–water partition coefficient (Wildman–Crippen LogP) is 2.60. The van der Waals surface area contributed by atoms with Gasteiger partial charge in [0.25, 0.3) is 0 Å². The van der Waals surface area contributed by atoms with Gasteiger partial charge in [-0.2, -0.15) is 0 Å². The molecular formula is C19H24FN5. The Hall–Kier alpha value is -2.18. The molecular weight excluding hydrogens is 317 g/mol. The van der Waals surface area contributed by atoms with Crippen LogP contribution in [0.25, 0.3) is 10.9 Å². The van der Waals surface area contributed by atoms with E-state index in [1.165, 1.54) is 10.9 Å². The Kier molecular flexibility index (Phi) is 4.55. The van der Waals surface area contributed by atoms with Gasteiger partial charge in [0.2, 0.25) is 0 Å². The largest absolute Gasteiger partial charge is 0.361 e. The third kappa shape index (κ3) is 3.45. The highest BCUT2D eigenvalue weighted by atomic mass is 19.1. The van der Waals surface area contributed by atoms with Crippen LogP contribution in [0.5, 0.6) is 0 Å². The number of nitrogens with zero attached hydrogens (tertiary/aromatic N) is 3. The number of hydrogen-bond donors (Lipinski definition) is 2. The topological polar surface area (TPSA) is 48.9 Å². The molecule has 4 rings (SSSR count). The highest BCUT2D eigenvalue weighted by molar-refractivity contribution is 5.82. The van der Waals surface area contributed by atoms with E-state index in [9.17, 15) is 4.39 Å². The molecule has 3 heterocycles. The minimum Gasteiger partial charge on any atom is -0.361 e. The maximum absolute atomic E-state index is 14.0. The van der Waals surface area contributed by atoms with Crippen LogP contribution in [0.2, 0.25) is 0 Å². The summed E-state index contributed by atoms with van der Waals surface area (Å²) in [5.74, 6) is 0.983. The Balaban J connectivity index is 1.37. The van der Waals surface area contributed by atoms with Crippen molar-refractivity contribution < 1.29 is 4.39 Å². The smallest absolute Gasteiger partial charge is 0.122 e. The van der Waals surface area contributed by atoms with Crippen LogP contribution in [0, 0.1) is 0 Å². The zero-order valence-corrected chi connectivity index (χ0v) is 14.5. The van der Waals surface area contributed by atoms with Crippen LogP contribution < -0.4 is 5.32 Å². The summed E-state index contributed by atoms with van der Waals surface area (Å²) in [4.78, 5) is 9.81. The van der Waals surface area contributed by atoms with Crippen molar-refractivity contribution >= 4 is 10.9 Å². The van der Waals surface area contributed by atoms with Crippen LogP contribution >= 0.6 is 0 Å². The van der Waals surface area contributed by atoms with E-state index in [0.29, 0.717) is 19.5 Å². The number of likely N-dealkylation sites (tertiary alicyclic amines) is 1. The molecule has 2 aromatic heterocycles. The SMILES string of the molecule is Cn1ccnc1CN1C[C@@H](F)C[C@H]1CNCc1cccc2[nH]ccc12. The van der Waals surface area contributed by atoms with Gasteiger partial charge in [-0.3, -0.25) is 4.90 Å². The van der Waals surface area contributed by atoms with E-state index in [-0.39, 0.29) is 6.04 Å². The molecule has 25 heavy (non-hydrogen) atoms. The van der Waals surface area contributed by atoms with Gasteiger partial charge >= 0.3 is 0 Å². The Bertz CT molecular complexity index is 839. The Morgan fingerprint density at radius 1 is 1.36 bits per heavy atom. The van der Waals surface area contributed by atoms with Crippen molar-refractivity contribution in [2.75, 3.05) is 13.1 Å². The van der Waals surface area contributed by atoms with Crippen molar-refractivity contribution in [2.24, 2.45) is 7.05 Å². The van der Waals surface area contributed by atoms with Gasteiger partial charge in [-0.15, -0.1) is 0 Å². The Morgan fingerprint density at radius 3 is 3.12 bits per heavy atom. The molecule has 0 aliphatic carbocycles. The fraction of sp³-hybridized carbons (Fsp3) is 0.421. The third-order valence-electron chi connectivity index (χ3n) is 5.12. The number of fused-ring (bicyclic) bond motifs is 1. The van der Waals surface area contributed by atoms with E-state index in [1.54, 1.807) is 6.20 Å². The number of rotatable bonds is 6. The number of H-pyrrole nitrogens is 1. The Morgan fingerprint density at radius 2 is 2.28 bits per heavy atom. The molecule has 5 nitrogen and oxygen atoms in total. The molecule has 0 bridgehead atoms. The number of hydrogen-bond acceptors (Lipinski definition) is 3. The molecule has 0 unspecified atom stereocenters. The molecule has 1 saturated heterocycles. The van der Waals surface area contributed by atoms with E-state index < -0.39 is 6.17 Å². The lowest BCUT2D eigenvalue weighted by Gasteiger charge is -2.24. The summed E-state index contributed by atoms with van der Waals surface area (Å²) < 4.78 is 16.0. The number of aryl methyl sites for hydroxylation is 1. The number of benzene rings is 1. The van der Waals surface area contributed by atoms with Crippen molar-refractivity contribution in [2.45, 2.75) is 31.7 Å². The van der Waals surface area contributed by atoms with Crippen LogP contribution in [0.15, 0.2) is 42.9 Å². The number of alkyl halides is 1. The summed E-state index contributed by atoms with van der Waals surface area (Å²) >= 11 is 0.